The molecule has 3 aromatic carbocycles. The van der Waals surface area contributed by atoms with Crippen LogP contribution < -0.4 is 0 Å². The van der Waals surface area contributed by atoms with E-state index in [0.29, 0.717) is 9.27 Å². The monoisotopic (exact) mass is 482 g/mol. The van der Waals surface area contributed by atoms with E-state index in [1.165, 1.54) is 48.5 Å². The Balaban J connectivity index is 2.09. The van der Waals surface area contributed by atoms with E-state index < -0.39 is 32.5 Å². The van der Waals surface area contributed by atoms with Crippen molar-refractivity contribution < 1.29 is 16.8 Å². The molecule has 0 amide bonds. The van der Waals surface area contributed by atoms with Crippen LogP contribution >= 0.6 is 0 Å². The minimum atomic E-state index is -4.46. The summed E-state index contributed by atoms with van der Waals surface area (Å²) in [5.74, 6) is -0.990. The fourth-order valence-electron chi connectivity index (χ4n) is 3.33. The number of nitriles is 1. The molecular weight excluding hydrogens is 456 g/mol. The van der Waals surface area contributed by atoms with Crippen LogP contribution in [0.25, 0.3) is 0 Å². The molecule has 3 rings (SSSR count). The highest BCUT2D eigenvalue weighted by Gasteiger charge is 2.38. The van der Waals surface area contributed by atoms with E-state index in [4.69, 9.17) is 0 Å². The molecule has 3 aromatic rings. The topological polar surface area (TPSA) is 95.3 Å². The average molecular weight is 483 g/mol. The summed E-state index contributed by atoms with van der Waals surface area (Å²) in [7, 11) is -8.91. The van der Waals surface area contributed by atoms with Gasteiger partial charge in [0.1, 0.15) is 0 Å². The highest BCUT2D eigenvalue weighted by Crippen LogP contribution is 2.29. The standard InChI is InChI=1S/C25H26N2O4S2/c1-25(2,3)22-16-14-20(15-17-22)21(18-26)19-27(32(28,29)23-10-6-4-7-11-23)33(30,31)24-12-8-5-9-13-24/h4-17,21H,19H2,1-3H3/t21-/m0/s1. The second-order valence-corrected chi connectivity index (χ2v) is 12.6. The van der Waals surface area contributed by atoms with Crippen molar-refractivity contribution in [3.05, 3.63) is 96.1 Å². The van der Waals surface area contributed by atoms with Gasteiger partial charge in [-0.15, -0.1) is 0 Å². The van der Waals surface area contributed by atoms with Crippen LogP contribution in [-0.2, 0) is 25.5 Å². The molecule has 6 nitrogen and oxygen atoms in total. The lowest BCUT2D eigenvalue weighted by Gasteiger charge is -2.25. The Morgan fingerprint density at radius 3 is 1.55 bits per heavy atom. The fourth-order valence-corrected chi connectivity index (χ4v) is 7.04. The number of rotatable bonds is 7. The normalized spacial score (nSPS) is 13.4. The molecule has 172 valence electrons. The second kappa shape index (κ2) is 9.48. The number of nitrogens with zero attached hydrogens (tertiary/aromatic N) is 2. The summed E-state index contributed by atoms with van der Waals surface area (Å²) in [6, 6.07) is 24.0. The van der Waals surface area contributed by atoms with Crippen LogP contribution in [0.5, 0.6) is 0 Å². The quantitative estimate of drug-likeness (QED) is 0.488. The highest BCUT2D eigenvalue weighted by atomic mass is 32.3. The first-order valence-corrected chi connectivity index (χ1v) is 13.2. The van der Waals surface area contributed by atoms with Crippen molar-refractivity contribution in [1.29, 1.82) is 5.26 Å². The third-order valence-corrected chi connectivity index (χ3v) is 9.57. The van der Waals surface area contributed by atoms with E-state index in [-0.39, 0.29) is 15.2 Å². The Bertz CT molecular complexity index is 1270. The largest absolute Gasteiger partial charge is 0.256 e. The molecule has 0 saturated carbocycles. The molecule has 0 aliphatic rings. The van der Waals surface area contributed by atoms with E-state index >= 15 is 0 Å². The second-order valence-electron chi connectivity index (χ2n) is 8.65. The summed E-state index contributed by atoms with van der Waals surface area (Å²) in [6.07, 6.45) is 0. The lowest BCUT2D eigenvalue weighted by atomic mass is 9.86. The van der Waals surface area contributed by atoms with E-state index in [0.717, 1.165) is 5.56 Å². The minimum Gasteiger partial charge on any atom is -0.206 e. The molecule has 33 heavy (non-hydrogen) atoms. The SMILES string of the molecule is CC(C)(C)c1ccc([C@@H](C#N)CN(S(=O)(=O)c2ccccc2)S(=O)(=O)c2ccccc2)cc1. The molecule has 1 atom stereocenters. The van der Waals surface area contributed by atoms with Crippen molar-refractivity contribution in [3.63, 3.8) is 0 Å². The van der Waals surface area contributed by atoms with Crippen LogP contribution in [0.2, 0.25) is 0 Å². The lowest BCUT2D eigenvalue weighted by Crippen LogP contribution is -2.39. The van der Waals surface area contributed by atoms with Gasteiger partial charge in [-0.05, 0) is 40.8 Å². The van der Waals surface area contributed by atoms with Crippen molar-refractivity contribution in [1.82, 2.24) is 3.71 Å². The first-order valence-electron chi connectivity index (χ1n) is 10.4. The maximum Gasteiger partial charge on any atom is 0.256 e. The van der Waals surface area contributed by atoms with Crippen molar-refractivity contribution in [3.8, 4) is 6.07 Å². The maximum absolute atomic E-state index is 13.5. The summed E-state index contributed by atoms with van der Waals surface area (Å²) in [6.45, 7) is 5.64. The molecule has 0 aliphatic heterocycles. The first-order chi connectivity index (χ1) is 15.5. The van der Waals surface area contributed by atoms with E-state index in [9.17, 15) is 22.1 Å². The molecule has 0 bridgehead atoms. The molecule has 0 unspecified atom stereocenters. The smallest absolute Gasteiger partial charge is 0.206 e. The van der Waals surface area contributed by atoms with Crippen molar-refractivity contribution >= 4 is 20.0 Å². The Hall–Kier alpha value is -2.99. The zero-order chi connectivity index (χ0) is 24.3. The predicted octanol–water partition coefficient (Wildman–Crippen LogP) is 4.67. The number of hydrogen-bond acceptors (Lipinski definition) is 5. The van der Waals surface area contributed by atoms with Gasteiger partial charge in [-0.2, -0.15) is 5.26 Å². The van der Waals surface area contributed by atoms with Gasteiger partial charge < -0.3 is 0 Å². The van der Waals surface area contributed by atoms with E-state index in [1.807, 2.05) is 12.1 Å². The third kappa shape index (κ3) is 5.33. The van der Waals surface area contributed by atoms with Gasteiger partial charge in [-0.3, -0.25) is 0 Å². The molecule has 0 N–H and O–H groups in total. The van der Waals surface area contributed by atoms with Gasteiger partial charge in [0.2, 0.25) is 0 Å². The lowest BCUT2D eigenvalue weighted by molar-refractivity contribution is 0.489. The van der Waals surface area contributed by atoms with Gasteiger partial charge in [0.25, 0.3) is 20.0 Å². The van der Waals surface area contributed by atoms with Gasteiger partial charge in [-0.25, -0.2) is 16.8 Å². The molecule has 0 fully saturated rings. The zero-order valence-corrected chi connectivity index (χ0v) is 20.3. The van der Waals surface area contributed by atoms with E-state index in [1.54, 1.807) is 24.3 Å². The summed E-state index contributed by atoms with van der Waals surface area (Å²) < 4.78 is 54.3. The Morgan fingerprint density at radius 1 is 0.758 bits per heavy atom. The highest BCUT2D eigenvalue weighted by molar-refractivity contribution is 8.04. The first kappa shape index (κ1) is 24.6. The van der Waals surface area contributed by atoms with Crippen molar-refractivity contribution in [2.45, 2.75) is 41.9 Å². The molecule has 8 heteroatoms. The van der Waals surface area contributed by atoms with Crippen LogP contribution in [0, 0.1) is 11.3 Å². The average Bonchev–Trinajstić information content (AvgIpc) is 2.80. The summed E-state index contributed by atoms with van der Waals surface area (Å²) >= 11 is 0. The van der Waals surface area contributed by atoms with Gasteiger partial charge in [0.15, 0.2) is 0 Å². The Kier molecular flexibility index (Phi) is 7.08. The summed E-state index contributed by atoms with van der Waals surface area (Å²) in [4.78, 5) is -0.325. The number of hydrogen-bond donors (Lipinski definition) is 0. The zero-order valence-electron chi connectivity index (χ0n) is 18.7. The molecule has 0 aliphatic carbocycles. The van der Waals surface area contributed by atoms with Gasteiger partial charge in [0, 0.05) is 0 Å². The molecular formula is C25H26N2O4S2. The van der Waals surface area contributed by atoms with Crippen LogP contribution in [0.1, 0.15) is 37.8 Å². The minimum absolute atomic E-state index is 0.0972. The van der Waals surface area contributed by atoms with Crippen LogP contribution in [0.3, 0.4) is 0 Å². The van der Waals surface area contributed by atoms with Gasteiger partial charge >= 0.3 is 0 Å². The maximum atomic E-state index is 13.5. The van der Waals surface area contributed by atoms with Crippen LogP contribution in [0.15, 0.2) is 94.7 Å². The summed E-state index contributed by atoms with van der Waals surface area (Å²) in [5, 5.41) is 9.86. The van der Waals surface area contributed by atoms with E-state index in [2.05, 4.69) is 26.8 Å². The van der Waals surface area contributed by atoms with Crippen molar-refractivity contribution in [2.75, 3.05) is 6.54 Å². The van der Waals surface area contributed by atoms with Gasteiger partial charge in [-0.1, -0.05) is 85.1 Å². The predicted molar refractivity (Wildman–Crippen MR) is 127 cm³/mol. The third-order valence-electron chi connectivity index (χ3n) is 5.28. The van der Waals surface area contributed by atoms with Crippen LogP contribution in [-0.4, -0.2) is 27.1 Å². The number of sulfonamides is 2. The van der Waals surface area contributed by atoms with Crippen molar-refractivity contribution in [2.24, 2.45) is 0 Å². The Labute approximate surface area is 196 Å². The molecule has 0 aromatic heterocycles. The van der Waals surface area contributed by atoms with Gasteiger partial charge in [0.05, 0.1) is 28.3 Å². The molecule has 0 heterocycles. The van der Waals surface area contributed by atoms with Crippen LogP contribution in [0.4, 0.5) is 0 Å². The molecule has 0 spiro atoms. The Morgan fingerprint density at radius 2 is 1.18 bits per heavy atom. The number of benzene rings is 3. The molecule has 0 saturated heterocycles. The molecule has 0 radical (unpaired) electrons. The summed E-state index contributed by atoms with van der Waals surface area (Å²) in [5.41, 5.74) is 1.50. The fraction of sp³-hybridized carbons (Fsp3) is 0.240.